The van der Waals surface area contributed by atoms with Gasteiger partial charge in [0.15, 0.2) is 0 Å². The van der Waals surface area contributed by atoms with Crippen molar-refractivity contribution in [2.75, 3.05) is 6.26 Å². The van der Waals surface area contributed by atoms with Crippen molar-refractivity contribution in [3.63, 3.8) is 0 Å². The van der Waals surface area contributed by atoms with Gasteiger partial charge in [-0.1, -0.05) is 0 Å². The summed E-state index contributed by atoms with van der Waals surface area (Å²) >= 11 is 3.16. The van der Waals surface area contributed by atoms with Gasteiger partial charge in [0.2, 0.25) is 0 Å². The number of thiophene rings is 1. The molecule has 0 unspecified atom stereocenters. The van der Waals surface area contributed by atoms with Gasteiger partial charge in [-0.05, 0) is 39.2 Å². The van der Waals surface area contributed by atoms with Crippen molar-refractivity contribution in [1.29, 1.82) is 0 Å². The molecule has 2 aromatic heterocycles. The maximum atomic E-state index is 11.6. The van der Waals surface area contributed by atoms with Crippen LogP contribution in [0, 0.1) is 0 Å². The van der Waals surface area contributed by atoms with Crippen molar-refractivity contribution >= 4 is 45.4 Å². The Morgan fingerprint density at radius 1 is 1.40 bits per heavy atom. The van der Waals surface area contributed by atoms with Crippen LogP contribution in [0.25, 0.3) is 16.3 Å². The zero-order valence-corrected chi connectivity index (χ0v) is 13.5. The predicted octanol–water partition coefficient (Wildman–Crippen LogP) is 3.77. The molecule has 0 fully saturated rings. The van der Waals surface area contributed by atoms with Gasteiger partial charge in [0.1, 0.15) is 17.0 Å². The Hall–Kier alpha value is -1.40. The Balaban J connectivity index is 2.20. The summed E-state index contributed by atoms with van der Waals surface area (Å²) in [6.07, 6.45) is 6.74. The van der Waals surface area contributed by atoms with Crippen molar-refractivity contribution in [2.45, 2.75) is 31.4 Å². The minimum Gasteiger partial charge on any atom is -0.457 e. The highest BCUT2D eigenvalue weighted by atomic mass is 32.2. The van der Waals surface area contributed by atoms with Crippen LogP contribution in [0.3, 0.4) is 0 Å². The number of fused-ring (bicyclic) bond motifs is 1. The number of nitrogens with zero attached hydrogens (tertiary/aromatic N) is 2. The van der Waals surface area contributed by atoms with Crippen LogP contribution in [0.2, 0.25) is 0 Å². The van der Waals surface area contributed by atoms with Crippen LogP contribution in [-0.4, -0.2) is 27.8 Å². The molecular formula is C14H16N2O2S2. The van der Waals surface area contributed by atoms with Crippen molar-refractivity contribution in [2.24, 2.45) is 0 Å². The molecule has 0 aromatic carbocycles. The monoisotopic (exact) mass is 308 g/mol. The standard InChI is InChI=1S/C14H16N2O2S2/c1-14(2,3)18-11(17)6-5-9-7-10-12(20-9)13(19-4)16-8-15-10/h5-8H,1-4H3/b6-5+. The third-order valence-electron chi connectivity index (χ3n) is 2.28. The second-order valence-corrected chi connectivity index (χ2v) is 6.99. The molecule has 6 heteroatoms. The normalized spacial score (nSPS) is 12.2. The van der Waals surface area contributed by atoms with Crippen molar-refractivity contribution < 1.29 is 9.53 Å². The molecule has 0 N–H and O–H groups in total. The molecule has 0 radical (unpaired) electrons. The number of aromatic nitrogens is 2. The van der Waals surface area contributed by atoms with Crippen molar-refractivity contribution in [3.8, 4) is 0 Å². The van der Waals surface area contributed by atoms with Crippen LogP contribution in [-0.2, 0) is 9.53 Å². The summed E-state index contributed by atoms with van der Waals surface area (Å²) in [5.74, 6) is -0.342. The number of thioether (sulfide) groups is 1. The fourth-order valence-electron chi connectivity index (χ4n) is 1.56. The average Bonchev–Trinajstić information content (AvgIpc) is 2.76. The molecule has 2 rings (SSSR count). The number of rotatable bonds is 3. The molecule has 4 nitrogen and oxygen atoms in total. The highest BCUT2D eigenvalue weighted by Gasteiger charge is 2.14. The Morgan fingerprint density at radius 3 is 2.80 bits per heavy atom. The van der Waals surface area contributed by atoms with Crippen LogP contribution in [0.1, 0.15) is 25.6 Å². The fourth-order valence-corrected chi connectivity index (χ4v) is 3.28. The third kappa shape index (κ3) is 3.80. The first-order chi connectivity index (χ1) is 9.39. The molecule has 2 aromatic rings. The Labute approximate surface area is 126 Å². The van der Waals surface area contributed by atoms with Crippen molar-refractivity contribution in [3.05, 3.63) is 23.3 Å². The van der Waals surface area contributed by atoms with Gasteiger partial charge in [-0.2, -0.15) is 0 Å². The third-order valence-corrected chi connectivity index (χ3v) is 4.20. The predicted molar refractivity (Wildman–Crippen MR) is 84.1 cm³/mol. The summed E-state index contributed by atoms with van der Waals surface area (Å²) in [6.45, 7) is 5.54. The van der Waals surface area contributed by atoms with Crippen LogP contribution in [0.5, 0.6) is 0 Å². The Kier molecular flexibility index (Phi) is 4.45. The van der Waals surface area contributed by atoms with E-state index >= 15 is 0 Å². The van der Waals surface area contributed by atoms with Gasteiger partial charge in [-0.15, -0.1) is 23.1 Å². The quantitative estimate of drug-likeness (QED) is 0.374. The second kappa shape index (κ2) is 5.93. The van der Waals surface area contributed by atoms with Gasteiger partial charge >= 0.3 is 5.97 Å². The van der Waals surface area contributed by atoms with E-state index in [-0.39, 0.29) is 5.97 Å². The number of carbonyl (C=O) groups is 1. The maximum absolute atomic E-state index is 11.6. The van der Waals surface area contributed by atoms with E-state index in [9.17, 15) is 4.79 Å². The molecule has 0 atom stereocenters. The number of carbonyl (C=O) groups excluding carboxylic acids is 1. The first-order valence-corrected chi connectivity index (χ1v) is 8.13. The van der Waals surface area contributed by atoms with E-state index in [1.54, 1.807) is 35.5 Å². The highest BCUT2D eigenvalue weighted by molar-refractivity contribution is 7.98. The molecule has 0 amide bonds. The van der Waals surface area contributed by atoms with E-state index in [2.05, 4.69) is 9.97 Å². The number of ether oxygens (including phenoxy) is 1. The van der Waals surface area contributed by atoms with E-state index in [0.717, 1.165) is 20.1 Å². The lowest BCUT2D eigenvalue weighted by Crippen LogP contribution is -2.22. The topological polar surface area (TPSA) is 52.1 Å². The van der Waals surface area contributed by atoms with Gasteiger partial charge < -0.3 is 4.74 Å². The van der Waals surface area contributed by atoms with Crippen LogP contribution >= 0.6 is 23.1 Å². The average molecular weight is 308 g/mol. The zero-order chi connectivity index (χ0) is 14.8. The maximum Gasteiger partial charge on any atom is 0.331 e. The minimum atomic E-state index is -0.473. The summed E-state index contributed by atoms with van der Waals surface area (Å²) in [5, 5.41) is 0.955. The molecule has 0 spiro atoms. The van der Waals surface area contributed by atoms with E-state index in [1.807, 2.05) is 33.1 Å². The number of esters is 1. The summed E-state index contributed by atoms with van der Waals surface area (Å²) in [4.78, 5) is 21.1. The van der Waals surface area contributed by atoms with Crippen LogP contribution < -0.4 is 0 Å². The summed E-state index contributed by atoms with van der Waals surface area (Å²) in [6, 6.07) is 1.95. The van der Waals surface area contributed by atoms with Gasteiger partial charge in [-0.25, -0.2) is 14.8 Å². The van der Waals surface area contributed by atoms with Crippen molar-refractivity contribution in [1.82, 2.24) is 9.97 Å². The first-order valence-electron chi connectivity index (χ1n) is 6.08. The summed E-state index contributed by atoms with van der Waals surface area (Å²) < 4.78 is 6.27. The molecule has 0 aliphatic rings. The number of hydrogen-bond acceptors (Lipinski definition) is 6. The zero-order valence-electron chi connectivity index (χ0n) is 11.8. The first kappa shape index (κ1) is 15.0. The van der Waals surface area contributed by atoms with Crippen LogP contribution in [0.15, 0.2) is 23.5 Å². The van der Waals surface area contributed by atoms with Gasteiger partial charge in [0.05, 0.1) is 10.2 Å². The lowest BCUT2D eigenvalue weighted by Gasteiger charge is -2.17. The summed E-state index contributed by atoms with van der Waals surface area (Å²) in [7, 11) is 0. The van der Waals surface area contributed by atoms with E-state index in [1.165, 1.54) is 6.08 Å². The van der Waals surface area contributed by atoms with Crippen LogP contribution in [0.4, 0.5) is 0 Å². The molecule has 0 aliphatic carbocycles. The minimum absolute atomic E-state index is 0.342. The van der Waals surface area contributed by atoms with Gasteiger partial charge in [0, 0.05) is 11.0 Å². The Morgan fingerprint density at radius 2 is 2.15 bits per heavy atom. The molecule has 20 heavy (non-hydrogen) atoms. The smallest absolute Gasteiger partial charge is 0.331 e. The van der Waals surface area contributed by atoms with Gasteiger partial charge in [-0.3, -0.25) is 0 Å². The molecule has 0 saturated carbocycles. The molecular weight excluding hydrogens is 292 g/mol. The second-order valence-electron chi connectivity index (χ2n) is 5.11. The fraction of sp³-hybridized carbons (Fsp3) is 0.357. The lowest BCUT2D eigenvalue weighted by atomic mass is 10.2. The largest absolute Gasteiger partial charge is 0.457 e. The summed E-state index contributed by atoms with van der Waals surface area (Å²) in [5.41, 5.74) is 0.428. The van der Waals surface area contributed by atoms with E-state index in [0.29, 0.717) is 0 Å². The molecule has 2 heterocycles. The molecule has 0 aliphatic heterocycles. The number of hydrogen-bond donors (Lipinski definition) is 0. The van der Waals surface area contributed by atoms with E-state index < -0.39 is 5.60 Å². The molecule has 0 saturated heterocycles. The molecule has 0 bridgehead atoms. The lowest BCUT2D eigenvalue weighted by molar-refractivity contribution is -0.148. The SMILES string of the molecule is CSc1ncnc2cc(/C=C/C(=O)OC(C)(C)C)sc12. The van der Waals surface area contributed by atoms with E-state index in [4.69, 9.17) is 4.74 Å². The van der Waals surface area contributed by atoms with Gasteiger partial charge in [0.25, 0.3) is 0 Å². The highest BCUT2D eigenvalue weighted by Crippen LogP contribution is 2.31. The Bertz CT molecular complexity index is 657. The molecule has 106 valence electrons.